The second-order valence-electron chi connectivity index (χ2n) is 8.83. The van der Waals surface area contributed by atoms with E-state index in [2.05, 4.69) is 17.1 Å². The van der Waals surface area contributed by atoms with Crippen molar-refractivity contribution >= 4 is 11.6 Å². The quantitative estimate of drug-likeness (QED) is 0.640. The first-order valence-corrected chi connectivity index (χ1v) is 11.2. The highest BCUT2D eigenvalue weighted by molar-refractivity contribution is 5.88. The standard InChI is InChI=1S/C25H32N2O5/c1-16-23(14-27-12-11-22(30)13-27)31-25(20-7-9-21(10-8-20)26-17(2)29)32-24(16)19-5-3-18(15-28)4-6-19/h3-10,16,22-25,28,30H,11-15H2,1-2H3,(H,26,29)/t16-,22-,23+,24+,25+/m0/s1. The van der Waals surface area contributed by atoms with Crippen molar-refractivity contribution in [3.05, 3.63) is 65.2 Å². The van der Waals surface area contributed by atoms with Crippen LogP contribution in [0.3, 0.4) is 0 Å². The average Bonchev–Trinajstić information content (AvgIpc) is 3.20. The monoisotopic (exact) mass is 440 g/mol. The maximum atomic E-state index is 11.3. The first-order chi connectivity index (χ1) is 15.4. The summed E-state index contributed by atoms with van der Waals surface area (Å²) in [5.74, 6) is -0.0152. The van der Waals surface area contributed by atoms with Crippen LogP contribution in [-0.2, 0) is 20.9 Å². The zero-order valence-corrected chi connectivity index (χ0v) is 18.6. The van der Waals surface area contributed by atoms with E-state index in [0.29, 0.717) is 6.54 Å². The molecule has 2 aromatic rings. The molecule has 2 aromatic carbocycles. The van der Waals surface area contributed by atoms with Crippen LogP contribution in [0, 0.1) is 5.92 Å². The van der Waals surface area contributed by atoms with Crippen LogP contribution in [0.1, 0.15) is 49.4 Å². The van der Waals surface area contributed by atoms with Crippen molar-refractivity contribution in [2.45, 2.75) is 51.5 Å². The van der Waals surface area contributed by atoms with Gasteiger partial charge in [-0.15, -0.1) is 0 Å². The van der Waals surface area contributed by atoms with E-state index in [4.69, 9.17) is 9.47 Å². The van der Waals surface area contributed by atoms with Crippen molar-refractivity contribution in [1.29, 1.82) is 0 Å². The van der Waals surface area contributed by atoms with Gasteiger partial charge < -0.3 is 25.0 Å². The van der Waals surface area contributed by atoms with Crippen molar-refractivity contribution in [3.63, 3.8) is 0 Å². The molecule has 2 saturated heterocycles. The van der Waals surface area contributed by atoms with E-state index in [1.165, 1.54) is 6.92 Å². The summed E-state index contributed by atoms with van der Waals surface area (Å²) in [4.78, 5) is 13.6. The third-order valence-electron chi connectivity index (χ3n) is 6.31. The number of nitrogens with one attached hydrogen (secondary N) is 1. The molecule has 2 fully saturated rings. The zero-order chi connectivity index (χ0) is 22.7. The number of ether oxygens (including phenoxy) is 2. The third kappa shape index (κ3) is 5.36. The predicted molar refractivity (Wildman–Crippen MR) is 121 cm³/mol. The van der Waals surface area contributed by atoms with Gasteiger partial charge in [-0.05, 0) is 29.7 Å². The molecule has 0 radical (unpaired) electrons. The lowest BCUT2D eigenvalue weighted by atomic mass is 9.90. The second kappa shape index (κ2) is 10.1. The molecule has 2 heterocycles. The van der Waals surface area contributed by atoms with E-state index in [-0.39, 0.29) is 36.7 Å². The molecule has 1 amide bonds. The largest absolute Gasteiger partial charge is 0.392 e. The highest BCUT2D eigenvalue weighted by atomic mass is 16.7. The van der Waals surface area contributed by atoms with Gasteiger partial charge in [-0.3, -0.25) is 9.69 Å². The fourth-order valence-corrected chi connectivity index (χ4v) is 4.49. The van der Waals surface area contributed by atoms with Crippen LogP contribution < -0.4 is 5.32 Å². The van der Waals surface area contributed by atoms with Gasteiger partial charge in [-0.2, -0.15) is 0 Å². The number of β-amino-alcohol motifs (C(OH)–C–C–N with tert-alkyl or cyclic N) is 1. The van der Waals surface area contributed by atoms with E-state index < -0.39 is 6.29 Å². The number of aliphatic hydroxyl groups is 2. The maximum Gasteiger partial charge on any atom is 0.221 e. The van der Waals surface area contributed by atoms with Crippen molar-refractivity contribution < 1.29 is 24.5 Å². The van der Waals surface area contributed by atoms with Crippen LogP contribution in [0.5, 0.6) is 0 Å². The number of aliphatic hydroxyl groups excluding tert-OH is 2. The Bertz CT molecular complexity index is 902. The minimum absolute atomic E-state index is 0.00759. The van der Waals surface area contributed by atoms with Gasteiger partial charge in [-0.25, -0.2) is 0 Å². The molecule has 7 heteroatoms. The Kier molecular flexibility index (Phi) is 7.23. The van der Waals surface area contributed by atoms with Crippen molar-refractivity contribution in [3.8, 4) is 0 Å². The summed E-state index contributed by atoms with van der Waals surface area (Å²) in [6, 6.07) is 15.4. The van der Waals surface area contributed by atoms with Crippen LogP contribution >= 0.6 is 0 Å². The number of benzene rings is 2. The Balaban J connectivity index is 1.57. The first-order valence-electron chi connectivity index (χ1n) is 11.2. The van der Waals surface area contributed by atoms with Crippen LogP contribution in [-0.4, -0.2) is 52.9 Å². The molecule has 2 aliphatic rings. The van der Waals surface area contributed by atoms with E-state index in [9.17, 15) is 15.0 Å². The topological polar surface area (TPSA) is 91.3 Å². The van der Waals surface area contributed by atoms with Gasteiger partial charge >= 0.3 is 0 Å². The summed E-state index contributed by atoms with van der Waals surface area (Å²) < 4.78 is 12.9. The minimum atomic E-state index is -0.544. The number of rotatable bonds is 6. The van der Waals surface area contributed by atoms with Gasteiger partial charge in [0.15, 0.2) is 6.29 Å². The summed E-state index contributed by atoms with van der Waals surface area (Å²) in [6.07, 6.45) is -0.273. The lowest BCUT2D eigenvalue weighted by molar-refractivity contribution is -0.276. The number of hydrogen-bond acceptors (Lipinski definition) is 6. The Labute approximate surface area is 189 Å². The first kappa shape index (κ1) is 22.9. The van der Waals surface area contributed by atoms with Crippen molar-refractivity contribution in [2.24, 2.45) is 5.92 Å². The van der Waals surface area contributed by atoms with Crippen LogP contribution in [0.4, 0.5) is 5.69 Å². The molecule has 7 nitrogen and oxygen atoms in total. The molecular formula is C25H32N2O5. The number of amides is 1. The molecule has 2 aliphatic heterocycles. The number of carbonyl (C=O) groups is 1. The molecule has 4 rings (SSSR count). The molecular weight excluding hydrogens is 408 g/mol. The summed E-state index contributed by atoms with van der Waals surface area (Å²) >= 11 is 0. The van der Waals surface area contributed by atoms with E-state index in [0.717, 1.165) is 41.9 Å². The summed E-state index contributed by atoms with van der Waals surface area (Å²) in [6.45, 7) is 5.88. The molecule has 0 bridgehead atoms. The molecule has 0 spiro atoms. The summed E-state index contributed by atoms with van der Waals surface area (Å²) in [5, 5.41) is 22.1. The molecule has 0 unspecified atom stereocenters. The number of likely N-dealkylation sites (tertiary alicyclic amines) is 1. The lowest BCUT2D eigenvalue weighted by Gasteiger charge is -2.42. The molecule has 5 atom stereocenters. The van der Waals surface area contributed by atoms with Gasteiger partial charge in [0.1, 0.15) is 0 Å². The van der Waals surface area contributed by atoms with E-state index in [1.807, 2.05) is 48.5 Å². The number of carbonyl (C=O) groups excluding carboxylic acids is 1. The van der Waals surface area contributed by atoms with Crippen molar-refractivity contribution in [2.75, 3.05) is 25.0 Å². The van der Waals surface area contributed by atoms with Gasteiger partial charge in [0.25, 0.3) is 0 Å². The van der Waals surface area contributed by atoms with E-state index >= 15 is 0 Å². The molecule has 0 aliphatic carbocycles. The highest BCUT2D eigenvalue weighted by Crippen LogP contribution is 2.42. The molecule has 32 heavy (non-hydrogen) atoms. The second-order valence-corrected chi connectivity index (χ2v) is 8.83. The van der Waals surface area contributed by atoms with Crippen LogP contribution in [0.2, 0.25) is 0 Å². The third-order valence-corrected chi connectivity index (χ3v) is 6.31. The van der Waals surface area contributed by atoms with Crippen LogP contribution in [0.25, 0.3) is 0 Å². The minimum Gasteiger partial charge on any atom is -0.392 e. The fourth-order valence-electron chi connectivity index (χ4n) is 4.49. The Hall–Kier alpha value is -2.29. The average molecular weight is 441 g/mol. The summed E-state index contributed by atoms with van der Waals surface area (Å²) in [5.41, 5.74) is 3.52. The maximum absolute atomic E-state index is 11.3. The fraction of sp³-hybridized carbons (Fsp3) is 0.480. The van der Waals surface area contributed by atoms with Gasteiger partial charge in [-0.1, -0.05) is 43.3 Å². The lowest BCUT2D eigenvalue weighted by Crippen LogP contribution is -2.44. The summed E-state index contributed by atoms with van der Waals surface area (Å²) in [7, 11) is 0. The van der Waals surface area contributed by atoms with Crippen LogP contribution in [0.15, 0.2) is 48.5 Å². The molecule has 0 saturated carbocycles. The normalized spacial score (nSPS) is 28.6. The highest BCUT2D eigenvalue weighted by Gasteiger charge is 2.39. The number of nitrogens with zero attached hydrogens (tertiary/aromatic N) is 1. The van der Waals surface area contributed by atoms with Gasteiger partial charge in [0.2, 0.25) is 5.91 Å². The zero-order valence-electron chi connectivity index (χ0n) is 18.6. The van der Waals surface area contributed by atoms with Gasteiger partial charge in [0, 0.05) is 43.7 Å². The number of anilines is 1. The molecule has 3 N–H and O–H groups in total. The molecule has 0 aromatic heterocycles. The predicted octanol–water partition coefficient (Wildman–Crippen LogP) is 3.00. The Morgan fingerprint density at radius 1 is 1.09 bits per heavy atom. The molecule has 172 valence electrons. The Morgan fingerprint density at radius 3 is 2.38 bits per heavy atom. The SMILES string of the molecule is CC(=O)Nc1ccc([C@@H]2O[C@H](CN3CC[C@H](O)C3)[C@H](C)[C@H](c3ccc(CO)cc3)O2)cc1. The van der Waals surface area contributed by atoms with Gasteiger partial charge in [0.05, 0.1) is 24.9 Å². The van der Waals surface area contributed by atoms with E-state index in [1.54, 1.807) is 0 Å². The van der Waals surface area contributed by atoms with Crippen molar-refractivity contribution in [1.82, 2.24) is 4.90 Å². The smallest absolute Gasteiger partial charge is 0.221 e. The number of hydrogen-bond donors (Lipinski definition) is 3. The Morgan fingerprint density at radius 2 is 1.78 bits per heavy atom.